The Bertz CT molecular complexity index is 757. The van der Waals surface area contributed by atoms with Crippen molar-refractivity contribution in [2.75, 3.05) is 7.05 Å². The summed E-state index contributed by atoms with van der Waals surface area (Å²) in [5, 5.41) is 0. The van der Waals surface area contributed by atoms with Crippen LogP contribution in [0.3, 0.4) is 0 Å². The fraction of sp³-hybridized carbons (Fsp3) is 0.400. The second kappa shape index (κ2) is 7.47. The predicted octanol–water partition coefficient (Wildman–Crippen LogP) is 3.74. The van der Waals surface area contributed by atoms with Crippen LogP contribution in [0.4, 0.5) is 0 Å². The van der Waals surface area contributed by atoms with E-state index in [-0.39, 0.29) is 23.4 Å². The van der Waals surface area contributed by atoms with Gasteiger partial charge in [0.05, 0.1) is 0 Å². The normalized spacial score (nSPS) is 18.5. The van der Waals surface area contributed by atoms with Gasteiger partial charge in [-0.15, -0.1) is 0 Å². The van der Waals surface area contributed by atoms with Crippen molar-refractivity contribution in [1.82, 2.24) is 4.98 Å². The minimum Gasteiger partial charge on any atom is -0.296 e. The van der Waals surface area contributed by atoms with Gasteiger partial charge in [0.25, 0.3) is 0 Å². The molecule has 2 unspecified atom stereocenters. The number of allylic oxidation sites excluding steroid dienone is 4. The SMILES string of the molecule is CN=Cc1c(C)ccnc1C(=O)CC(C)C1=CC=C(C(C)=O)C1C. The number of nitrogens with zero attached hydrogens (tertiary/aromatic N) is 2. The molecule has 0 aromatic carbocycles. The largest absolute Gasteiger partial charge is 0.296 e. The summed E-state index contributed by atoms with van der Waals surface area (Å²) in [6.07, 6.45) is 7.58. The summed E-state index contributed by atoms with van der Waals surface area (Å²) in [7, 11) is 1.68. The molecule has 0 aliphatic heterocycles. The van der Waals surface area contributed by atoms with E-state index in [1.807, 2.05) is 39.0 Å². The van der Waals surface area contributed by atoms with Crippen molar-refractivity contribution in [1.29, 1.82) is 0 Å². The monoisotopic (exact) mass is 324 g/mol. The van der Waals surface area contributed by atoms with Gasteiger partial charge in [0.2, 0.25) is 0 Å². The molecule has 4 heteroatoms. The summed E-state index contributed by atoms with van der Waals surface area (Å²) < 4.78 is 0. The standard InChI is InChI=1S/C20H24N2O2/c1-12-8-9-22-20(18(12)11-21-5)19(24)10-13(2)16-6-7-17(14(16)3)15(4)23/h6-9,11,13-14H,10H2,1-5H3. The molecule has 2 atom stereocenters. The lowest BCUT2D eigenvalue weighted by Gasteiger charge is -2.19. The Balaban J connectivity index is 2.17. The van der Waals surface area contributed by atoms with Crippen LogP contribution in [0.2, 0.25) is 0 Å². The molecule has 0 saturated carbocycles. The smallest absolute Gasteiger partial charge is 0.182 e. The Labute approximate surface area is 143 Å². The Hall–Kier alpha value is -2.36. The molecule has 0 bridgehead atoms. The molecule has 0 amide bonds. The van der Waals surface area contributed by atoms with Gasteiger partial charge in [-0.05, 0) is 31.4 Å². The number of pyridine rings is 1. The quantitative estimate of drug-likeness (QED) is 0.591. The fourth-order valence-electron chi connectivity index (χ4n) is 3.24. The summed E-state index contributed by atoms with van der Waals surface area (Å²) in [6, 6.07) is 1.88. The van der Waals surface area contributed by atoms with Crippen molar-refractivity contribution in [2.45, 2.75) is 34.1 Å². The van der Waals surface area contributed by atoms with Gasteiger partial charge >= 0.3 is 0 Å². The average molecular weight is 324 g/mol. The molecular formula is C20H24N2O2. The Morgan fingerprint density at radius 1 is 1.38 bits per heavy atom. The number of rotatable bonds is 6. The van der Waals surface area contributed by atoms with E-state index in [1.54, 1.807) is 26.4 Å². The van der Waals surface area contributed by atoms with E-state index in [9.17, 15) is 9.59 Å². The molecule has 0 N–H and O–H groups in total. The van der Waals surface area contributed by atoms with Gasteiger partial charge < -0.3 is 0 Å². The zero-order valence-corrected chi connectivity index (χ0v) is 15.0. The Morgan fingerprint density at radius 3 is 2.67 bits per heavy atom. The molecule has 0 spiro atoms. The highest BCUT2D eigenvalue weighted by Gasteiger charge is 2.27. The molecule has 24 heavy (non-hydrogen) atoms. The molecule has 126 valence electrons. The first kappa shape index (κ1) is 18.0. The van der Waals surface area contributed by atoms with Gasteiger partial charge in [0.1, 0.15) is 5.69 Å². The van der Waals surface area contributed by atoms with E-state index in [4.69, 9.17) is 0 Å². The minimum absolute atomic E-state index is 0.00507. The fourth-order valence-corrected chi connectivity index (χ4v) is 3.24. The van der Waals surface area contributed by atoms with Crippen LogP contribution < -0.4 is 0 Å². The van der Waals surface area contributed by atoms with Crippen LogP contribution in [0.25, 0.3) is 0 Å². The molecule has 1 aromatic rings. The molecule has 1 aliphatic carbocycles. The zero-order valence-electron chi connectivity index (χ0n) is 15.0. The summed E-state index contributed by atoms with van der Waals surface area (Å²) in [5.41, 5.74) is 4.19. The molecule has 0 saturated heterocycles. The Kier molecular flexibility index (Phi) is 5.60. The summed E-state index contributed by atoms with van der Waals surface area (Å²) in [6.45, 7) is 7.58. The first-order chi connectivity index (χ1) is 11.4. The first-order valence-electron chi connectivity index (χ1n) is 8.20. The number of Topliss-reactive ketones (excluding diaryl/α,β-unsaturated/α-hetero) is 2. The summed E-state index contributed by atoms with van der Waals surface area (Å²) in [5.74, 6) is 0.237. The van der Waals surface area contributed by atoms with E-state index in [2.05, 4.69) is 9.98 Å². The Morgan fingerprint density at radius 2 is 2.08 bits per heavy atom. The van der Waals surface area contributed by atoms with E-state index in [0.717, 1.165) is 22.3 Å². The third-order valence-electron chi connectivity index (χ3n) is 4.62. The molecular weight excluding hydrogens is 300 g/mol. The highest BCUT2D eigenvalue weighted by atomic mass is 16.1. The number of carbonyl (C=O) groups is 2. The maximum absolute atomic E-state index is 12.7. The minimum atomic E-state index is 0.00507. The van der Waals surface area contributed by atoms with Crippen LogP contribution in [-0.2, 0) is 4.79 Å². The van der Waals surface area contributed by atoms with Crippen molar-refractivity contribution in [3.8, 4) is 0 Å². The number of ketones is 2. The zero-order chi connectivity index (χ0) is 17.9. The molecule has 1 heterocycles. The van der Waals surface area contributed by atoms with Crippen LogP contribution in [0.1, 0.15) is 48.8 Å². The highest BCUT2D eigenvalue weighted by Crippen LogP contribution is 2.34. The molecule has 0 radical (unpaired) electrons. The number of aryl methyl sites for hydroxylation is 1. The number of carbonyl (C=O) groups excluding carboxylic acids is 2. The average Bonchev–Trinajstić information content (AvgIpc) is 2.91. The summed E-state index contributed by atoms with van der Waals surface area (Å²) >= 11 is 0. The molecule has 4 nitrogen and oxygen atoms in total. The van der Waals surface area contributed by atoms with Crippen molar-refractivity contribution in [3.05, 3.63) is 52.4 Å². The van der Waals surface area contributed by atoms with E-state index in [1.165, 1.54) is 0 Å². The van der Waals surface area contributed by atoms with Crippen LogP contribution in [-0.4, -0.2) is 29.8 Å². The maximum Gasteiger partial charge on any atom is 0.182 e. The topological polar surface area (TPSA) is 59.4 Å². The molecule has 0 fully saturated rings. The van der Waals surface area contributed by atoms with Crippen molar-refractivity contribution >= 4 is 17.8 Å². The number of aliphatic imine (C=N–C) groups is 1. The second-order valence-electron chi connectivity index (χ2n) is 6.37. The number of aromatic nitrogens is 1. The second-order valence-corrected chi connectivity index (χ2v) is 6.37. The van der Waals surface area contributed by atoms with Gasteiger partial charge in [-0.3, -0.25) is 19.6 Å². The third-order valence-corrected chi connectivity index (χ3v) is 4.62. The van der Waals surface area contributed by atoms with Crippen LogP contribution in [0, 0.1) is 18.8 Å². The van der Waals surface area contributed by atoms with E-state index < -0.39 is 0 Å². The predicted molar refractivity (Wildman–Crippen MR) is 96.6 cm³/mol. The van der Waals surface area contributed by atoms with Crippen molar-refractivity contribution < 1.29 is 9.59 Å². The third kappa shape index (κ3) is 3.58. The maximum atomic E-state index is 12.7. The highest BCUT2D eigenvalue weighted by molar-refractivity contribution is 6.03. The van der Waals surface area contributed by atoms with Gasteiger partial charge in [0, 0.05) is 42.9 Å². The van der Waals surface area contributed by atoms with Gasteiger partial charge in [-0.25, -0.2) is 0 Å². The lowest BCUT2D eigenvalue weighted by molar-refractivity contribution is -0.113. The van der Waals surface area contributed by atoms with Gasteiger partial charge in [-0.1, -0.05) is 31.6 Å². The lowest BCUT2D eigenvalue weighted by Crippen LogP contribution is -2.16. The van der Waals surface area contributed by atoms with Gasteiger partial charge in [0.15, 0.2) is 11.6 Å². The number of hydrogen-bond donors (Lipinski definition) is 0. The summed E-state index contributed by atoms with van der Waals surface area (Å²) in [4.78, 5) is 32.7. The molecule has 2 rings (SSSR count). The first-order valence-corrected chi connectivity index (χ1v) is 8.20. The van der Waals surface area contributed by atoms with Crippen LogP contribution >= 0.6 is 0 Å². The number of hydrogen-bond acceptors (Lipinski definition) is 4. The van der Waals surface area contributed by atoms with Crippen LogP contribution in [0.5, 0.6) is 0 Å². The molecule has 1 aromatic heterocycles. The van der Waals surface area contributed by atoms with Crippen molar-refractivity contribution in [2.24, 2.45) is 16.8 Å². The van der Waals surface area contributed by atoms with E-state index in [0.29, 0.717) is 12.1 Å². The molecule has 1 aliphatic rings. The lowest BCUT2D eigenvalue weighted by atomic mass is 9.84. The van der Waals surface area contributed by atoms with Gasteiger partial charge in [-0.2, -0.15) is 0 Å². The van der Waals surface area contributed by atoms with Crippen LogP contribution in [0.15, 0.2) is 40.6 Å². The van der Waals surface area contributed by atoms with E-state index >= 15 is 0 Å². The van der Waals surface area contributed by atoms with Crippen molar-refractivity contribution in [3.63, 3.8) is 0 Å².